The SMILES string of the molecule is CCC(C)Nc1ccc2oc(=O)[nH]c2c1. The number of anilines is 1. The van der Waals surface area contributed by atoms with E-state index in [4.69, 9.17) is 4.42 Å². The number of oxazole rings is 1. The van der Waals surface area contributed by atoms with E-state index < -0.39 is 5.76 Å². The molecule has 0 fully saturated rings. The molecular formula is C11H14N2O2. The molecule has 2 aromatic rings. The first-order valence-corrected chi connectivity index (χ1v) is 5.08. The first kappa shape index (κ1) is 9.83. The topological polar surface area (TPSA) is 58.0 Å². The maximum atomic E-state index is 10.9. The first-order valence-electron chi connectivity index (χ1n) is 5.08. The average molecular weight is 206 g/mol. The summed E-state index contributed by atoms with van der Waals surface area (Å²) in [6, 6.07) is 6.00. The van der Waals surface area contributed by atoms with Gasteiger partial charge in [0, 0.05) is 11.7 Å². The summed E-state index contributed by atoms with van der Waals surface area (Å²) < 4.78 is 4.92. The van der Waals surface area contributed by atoms with E-state index in [0.717, 1.165) is 17.6 Å². The normalized spacial score (nSPS) is 12.9. The molecule has 0 aliphatic carbocycles. The molecule has 1 atom stereocenters. The standard InChI is InChI=1S/C11H14N2O2/c1-3-7(2)12-8-4-5-10-9(6-8)13-11(14)15-10/h4-7,12H,3H2,1-2H3,(H,13,14). The van der Waals surface area contributed by atoms with Gasteiger partial charge in [0.25, 0.3) is 0 Å². The molecule has 0 aliphatic heterocycles. The molecular weight excluding hydrogens is 192 g/mol. The van der Waals surface area contributed by atoms with Gasteiger partial charge < -0.3 is 9.73 Å². The van der Waals surface area contributed by atoms with Crippen LogP contribution in [0.5, 0.6) is 0 Å². The predicted molar refractivity (Wildman–Crippen MR) is 60.2 cm³/mol. The number of hydrogen-bond acceptors (Lipinski definition) is 3. The second-order valence-electron chi connectivity index (χ2n) is 3.68. The van der Waals surface area contributed by atoms with Crippen LogP contribution in [0.3, 0.4) is 0 Å². The van der Waals surface area contributed by atoms with Crippen LogP contribution in [0, 0.1) is 0 Å². The lowest BCUT2D eigenvalue weighted by atomic mass is 10.2. The summed E-state index contributed by atoms with van der Waals surface area (Å²) in [4.78, 5) is 13.6. The van der Waals surface area contributed by atoms with Crippen LogP contribution in [0.4, 0.5) is 5.69 Å². The molecule has 4 nitrogen and oxygen atoms in total. The van der Waals surface area contributed by atoms with E-state index in [1.165, 1.54) is 0 Å². The van der Waals surface area contributed by atoms with E-state index >= 15 is 0 Å². The van der Waals surface area contributed by atoms with Gasteiger partial charge in [0.05, 0.1) is 5.52 Å². The number of hydrogen-bond donors (Lipinski definition) is 2. The predicted octanol–water partition coefficient (Wildman–Crippen LogP) is 2.33. The maximum absolute atomic E-state index is 10.9. The zero-order valence-electron chi connectivity index (χ0n) is 8.83. The van der Waals surface area contributed by atoms with Crippen LogP contribution in [-0.2, 0) is 0 Å². The largest absolute Gasteiger partial charge is 0.417 e. The van der Waals surface area contributed by atoms with Crippen LogP contribution in [0.15, 0.2) is 27.4 Å². The number of aromatic amines is 1. The minimum atomic E-state index is -0.411. The Morgan fingerprint density at radius 2 is 2.33 bits per heavy atom. The number of benzene rings is 1. The van der Waals surface area contributed by atoms with Crippen LogP contribution in [0.1, 0.15) is 20.3 Å². The minimum Gasteiger partial charge on any atom is -0.408 e. The lowest BCUT2D eigenvalue weighted by Crippen LogP contribution is -2.13. The third-order valence-electron chi connectivity index (χ3n) is 2.44. The molecule has 80 valence electrons. The van der Waals surface area contributed by atoms with E-state index in [1.807, 2.05) is 12.1 Å². The summed E-state index contributed by atoms with van der Waals surface area (Å²) in [7, 11) is 0. The molecule has 0 saturated heterocycles. The fourth-order valence-electron chi connectivity index (χ4n) is 1.43. The highest BCUT2D eigenvalue weighted by molar-refractivity contribution is 5.76. The zero-order valence-corrected chi connectivity index (χ0v) is 8.83. The fourth-order valence-corrected chi connectivity index (χ4v) is 1.43. The van der Waals surface area contributed by atoms with Crippen molar-refractivity contribution >= 4 is 16.8 Å². The van der Waals surface area contributed by atoms with Gasteiger partial charge in [-0.2, -0.15) is 0 Å². The summed E-state index contributed by atoms with van der Waals surface area (Å²) in [5.74, 6) is -0.411. The van der Waals surface area contributed by atoms with Gasteiger partial charge in [-0.25, -0.2) is 4.79 Å². The third kappa shape index (κ3) is 2.03. The number of rotatable bonds is 3. The van der Waals surface area contributed by atoms with Crippen LogP contribution < -0.4 is 11.1 Å². The molecule has 0 saturated carbocycles. The van der Waals surface area contributed by atoms with Crippen molar-refractivity contribution in [3.8, 4) is 0 Å². The number of aromatic nitrogens is 1. The van der Waals surface area contributed by atoms with E-state index in [1.54, 1.807) is 6.07 Å². The van der Waals surface area contributed by atoms with Crippen molar-refractivity contribution in [1.29, 1.82) is 0 Å². The Morgan fingerprint density at radius 1 is 1.53 bits per heavy atom. The Labute approximate surface area is 87.3 Å². The van der Waals surface area contributed by atoms with Crippen molar-refractivity contribution < 1.29 is 4.42 Å². The van der Waals surface area contributed by atoms with Crippen LogP contribution in [-0.4, -0.2) is 11.0 Å². The summed E-state index contributed by atoms with van der Waals surface area (Å²) in [6.45, 7) is 4.23. The fraction of sp³-hybridized carbons (Fsp3) is 0.364. The van der Waals surface area contributed by atoms with E-state index in [2.05, 4.69) is 24.1 Å². The zero-order chi connectivity index (χ0) is 10.8. The van der Waals surface area contributed by atoms with Gasteiger partial charge in [-0.05, 0) is 31.5 Å². The Kier molecular flexibility index (Phi) is 2.49. The molecule has 1 aromatic carbocycles. The van der Waals surface area contributed by atoms with Gasteiger partial charge in [-0.3, -0.25) is 4.98 Å². The van der Waals surface area contributed by atoms with Crippen molar-refractivity contribution in [3.63, 3.8) is 0 Å². The van der Waals surface area contributed by atoms with E-state index in [0.29, 0.717) is 11.6 Å². The van der Waals surface area contributed by atoms with Crippen LogP contribution in [0.2, 0.25) is 0 Å². The highest BCUT2D eigenvalue weighted by Gasteiger charge is 2.03. The molecule has 0 spiro atoms. The van der Waals surface area contributed by atoms with Crippen molar-refractivity contribution in [2.45, 2.75) is 26.3 Å². The lowest BCUT2D eigenvalue weighted by Gasteiger charge is -2.12. The molecule has 2 rings (SSSR count). The monoisotopic (exact) mass is 206 g/mol. The van der Waals surface area contributed by atoms with Crippen molar-refractivity contribution in [2.75, 3.05) is 5.32 Å². The third-order valence-corrected chi connectivity index (χ3v) is 2.44. The molecule has 4 heteroatoms. The highest BCUT2D eigenvalue weighted by atomic mass is 16.4. The summed E-state index contributed by atoms with van der Waals surface area (Å²) in [5, 5.41) is 3.33. The van der Waals surface area contributed by atoms with Crippen LogP contribution >= 0.6 is 0 Å². The molecule has 1 heterocycles. The Hall–Kier alpha value is -1.71. The molecule has 1 unspecified atom stereocenters. The van der Waals surface area contributed by atoms with Gasteiger partial charge in [-0.1, -0.05) is 6.92 Å². The summed E-state index contributed by atoms with van der Waals surface area (Å²) in [6.07, 6.45) is 1.06. The maximum Gasteiger partial charge on any atom is 0.417 e. The minimum absolute atomic E-state index is 0.411. The Morgan fingerprint density at radius 3 is 3.07 bits per heavy atom. The number of H-pyrrole nitrogens is 1. The number of fused-ring (bicyclic) bond motifs is 1. The van der Waals surface area contributed by atoms with E-state index in [9.17, 15) is 4.79 Å². The molecule has 1 aromatic heterocycles. The van der Waals surface area contributed by atoms with Crippen molar-refractivity contribution in [3.05, 3.63) is 28.7 Å². The van der Waals surface area contributed by atoms with E-state index in [-0.39, 0.29) is 0 Å². The summed E-state index contributed by atoms with van der Waals surface area (Å²) >= 11 is 0. The summed E-state index contributed by atoms with van der Waals surface area (Å²) in [5.41, 5.74) is 2.32. The van der Waals surface area contributed by atoms with Gasteiger partial charge in [0.2, 0.25) is 0 Å². The van der Waals surface area contributed by atoms with Gasteiger partial charge in [0.1, 0.15) is 0 Å². The van der Waals surface area contributed by atoms with Crippen LogP contribution in [0.25, 0.3) is 11.1 Å². The molecule has 0 amide bonds. The van der Waals surface area contributed by atoms with Crippen molar-refractivity contribution in [2.24, 2.45) is 0 Å². The van der Waals surface area contributed by atoms with Gasteiger partial charge >= 0.3 is 5.76 Å². The second kappa shape index (κ2) is 3.81. The second-order valence-corrected chi connectivity index (χ2v) is 3.68. The smallest absolute Gasteiger partial charge is 0.408 e. The molecule has 15 heavy (non-hydrogen) atoms. The average Bonchev–Trinajstić information content (AvgIpc) is 2.57. The number of nitrogens with one attached hydrogen (secondary N) is 2. The Balaban J connectivity index is 2.34. The lowest BCUT2D eigenvalue weighted by molar-refractivity contribution is 0.555. The Bertz CT molecular complexity index is 513. The van der Waals surface area contributed by atoms with Gasteiger partial charge in [-0.15, -0.1) is 0 Å². The molecule has 2 N–H and O–H groups in total. The first-order chi connectivity index (χ1) is 7.19. The van der Waals surface area contributed by atoms with Crippen molar-refractivity contribution in [1.82, 2.24) is 4.98 Å². The molecule has 0 radical (unpaired) electrons. The highest BCUT2D eigenvalue weighted by Crippen LogP contribution is 2.17. The quantitative estimate of drug-likeness (QED) is 0.810. The van der Waals surface area contributed by atoms with Gasteiger partial charge in [0.15, 0.2) is 5.58 Å². The molecule has 0 aliphatic rings. The molecule has 0 bridgehead atoms.